The second-order valence-corrected chi connectivity index (χ2v) is 9.38. The van der Waals surface area contributed by atoms with Crippen LogP contribution < -0.4 is 19.5 Å². The van der Waals surface area contributed by atoms with E-state index in [9.17, 15) is 9.59 Å². The summed E-state index contributed by atoms with van der Waals surface area (Å²) in [6, 6.07) is 8.66. The molecule has 1 heterocycles. The first-order chi connectivity index (χ1) is 16.3. The summed E-state index contributed by atoms with van der Waals surface area (Å²) in [4.78, 5) is 27.1. The average Bonchev–Trinajstić information content (AvgIpc) is 3.14. The number of anilines is 1. The summed E-state index contributed by atoms with van der Waals surface area (Å²) in [5.74, 6) is -0.0290. The van der Waals surface area contributed by atoms with E-state index < -0.39 is 11.9 Å². The number of carbonyl (C=O) groups excluding carboxylic acids is 2. The van der Waals surface area contributed by atoms with E-state index in [1.807, 2.05) is 19.1 Å². The minimum atomic E-state index is -0.531. The first-order valence-electron chi connectivity index (χ1n) is 10.1. The van der Waals surface area contributed by atoms with Crippen molar-refractivity contribution in [2.75, 3.05) is 33.3 Å². The first kappa shape index (κ1) is 25.9. The predicted octanol–water partition coefficient (Wildman–Crippen LogP) is 6.59. The standard InChI is InChI=1S/C24H23BrClNO6S/c1-6-33-24(29)18-17(13-7-9-14(26)10-8-13)12(2)34-23(18)27-22(28)15-11-16(30-3)20(31-4)21(32-5)19(15)25/h7-11H,6H2,1-5H3,(H,27,28). The van der Waals surface area contributed by atoms with Crippen molar-refractivity contribution in [1.29, 1.82) is 0 Å². The highest BCUT2D eigenvalue weighted by Gasteiger charge is 2.28. The van der Waals surface area contributed by atoms with Crippen LogP contribution in [0.4, 0.5) is 5.00 Å². The van der Waals surface area contributed by atoms with Gasteiger partial charge in [0.2, 0.25) is 5.75 Å². The van der Waals surface area contributed by atoms with Gasteiger partial charge in [-0.05, 0) is 53.5 Å². The number of halogens is 2. The van der Waals surface area contributed by atoms with Crippen molar-refractivity contribution in [2.24, 2.45) is 0 Å². The molecule has 34 heavy (non-hydrogen) atoms. The van der Waals surface area contributed by atoms with Gasteiger partial charge in [-0.15, -0.1) is 11.3 Å². The molecule has 0 fully saturated rings. The number of rotatable bonds is 8. The fourth-order valence-electron chi connectivity index (χ4n) is 3.45. The third-order valence-electron chi connectivity index (χ3n) is 4.94. The zero-order valence-electron chi connectivity index (χ0n) is 19.2. The number of esters is 1. The normalized spacial score (nSPS) is 10.6. The second kappa shape index (κ2) is 11.1. The molecule has 0 radical (unpaired) electrons. The quantitative estimate of drug-likeness (QED) is 0.309. The molecule has 1 N–H and O–H groups in total. The number of amides is 1. The first-order valence-corrected chi connectivity index (χ1v) is 12.1. The fraction of sp³-hybridized carbons (Fsp3) is 0.250. The number of benzene rings is 2. The van der Waals surface area contributed by atoms with Crippen molar-refractivity contribution in [3.8, 4) is 28.4 Å². The number of nitrogens with one attached hydrogen (secondary N) is 1. The highest BCUT2D eigenvalue weighted by molar-refractivity contribution is 9.10. The van der Waals surface area contributed by atoms with E-state index in [-0.39, 0.29) is 17.7 Å². The third-order valence-corrected chi connectivity index (χ3v) is 7.00. The molecule has 3 aromatic rings. The topological polar surface area (TPSA) is 83.1 Å². The molecule has 0 aliphatic heterocycles. The van der Waals surface area contributed by atoms with Crippen LogP contribution in [0.5, 0.6) is 17.2 Å². The van der Waals surface area contributed by atoms with Gasteiger partial charge in [-0.25, -0.2) is 4.79 Å². The Balaban J connectivity index is 2.11. The Labute approximate surface area is 215 Å². The van der Waals surface area contributed by atoms with Crippen LogP contribution in [-0.2, 0) is 4.74 Å². The van der Waals surface area contributed by atoms with Gasteiger partial charge in [-0.3, -0.25) is 4.79 Å². The van der Waals surface area contributed by atoms with Gasteiger partial charge in [0.05, 0.1) is 38.0 Å². The molecular formula is C24H23BrClNO6S. The smallest absolute Gasteiger partial charge is 0.341 e. The molecule has 180 valence electrons. The van der Waals surface area contributed by atoms with Gasteiger partial charge < -0.3 is 24.3 Å². The summed E-state index contributed by atoms with van der Waals surface area (Å²) in [6.07, 6.45) is 0. The van der Waals surface area contributed by atoms with Crippen LogP contribution in [-0.4, -0.2) is 39.8 Å². The van der Waals surface area contributed by atoms with Crippen molar-refractivity contribution >= 4 is 55.7 Å². The number of carbonyl (C=O) groups is 2. The van der Waals surface area contributed by atoms with Gasteiger partial charge in [0.15, 0.2) is 11.5 Å². The maximum atomic E-state index is 13.3. The maximum Gasteiger partial charge on any atom is 0.341 e. The molecule has 0 saturated heterocycles. The number of ether oxygens (including phenoxy) is 4. The molecule has 10 heteroatoms. The lowest BCUT2D eigenvalue weighted by Crippen LogP contribution is -2.16. The van der Waals surface area contributed by atoms with Crippen LogP contribution >= 0.6 is 38.9 Å². The Kier molecular flexibility index (Phi) is 8.46. The van der Waals surface area contributed by atoms with Gasteiger partial charge in [0.25, 0.3) is 5.91 Å². The molecule has 0 unspecified atom stereocenters. The summed E-state index contributed by atoms with van der Waals surface area (Å²) in [7, 11) is 4.40. The van der Waals surface area contributed by atoms with Gasteiger partial charge in [-0.1, -0.05) is 23.7 Å². The minimum Gasteiger partial charge on any atom is -0.493 e. The van der Waals surface area contributed by atoms with Crippen LogP contribution in [0.1, 0.15) is 32.5 Å². The molecule has 0 saturated carbocycles. The van der Waals surface area contributed by atoms with E-state index >= 15 is 0 Å². The monoisotopic (exact) mass is 567 g/mol. The molecular weight excluding hydrogens is 546 g/mol. The molecule has 0 aliphatic carbocycles. The van der Waals surface area contributed by atoms with E-state index in [2.05, 4.69) is 21.2 Å². The van der Waals surface area contributed by atoms with Crippen molar-refractivity contribution in [2.45, 2.75) is 13.8 Å². The molecule has 3 rings (SSSR count). The molecule has 2 aromatic carbocycles. The number of thiophene rings is 1. The number of hydrogen-bond acceptors (Lipinski definition) is 7. The number of aryl methyl sites for hydroxylation is 1. The second-order valence-electron chi connectivity index (χ2n) is 6.93. The zero-order valence-corrected chi connectivity index (χ0v) is 22.4. The van der Waals surface area contributed by atoms with Gasteiger partial charge in [0, 0.05) is 15.5 Å². The van der Waals surface area contributed by atoms with E-state index in [0.29, 0.717) is 37.3 Å². The largest absolute Gasteiger partial charge is 0.493 e. The highest BCUT2D eigenvalue weighted by Crippen LogP contribution is 2.46. The summed E-state index contributed by atoms with van der Waals surface area (Å²) in [5.41, 5.74) is 1.99. The molecule has 0 spiro atoms. The van der Waals surface area contributed by atoms with Crippen molar-refractivity contribution in [1.82, 2.24) is 0 Å². The van der Waals surface area contributed by atoms with Crippen molar-refractivity contribution < 1.29 is 28.5 Å². The fourth-order valence-corrected chi connectivity index (χ4v) is 5.27. The average molecular weight is 569 g/mol. The van der Waals surface area contributed by atoms with Crippen LogP contribution in [0.25, 0.3) is 11.1 Å². The van der Waals surface area contributed by atoms with Crippen LogP contribution in [0, 0.1) is 6.92 Å². The van der Waals surface area contributed by atoms with Crippen molar-refractivity contribution in [3.63, 3.8) is 0 Å². The lowest BCUT2D eigenvalue weighted by Gasteiger charge is -2.16. The minimum absolute atomic E-state index is 0.194. The molecule has 1 aromatic heterocycles. The van der Waals surface area contributed by atoms with E-state index in [1.54, 1.807) is 19.1 Å². The van der Waals surface area contributed by atoms with Crippen LogP contribution in [0.3, 0.4) is 0 Å². The summed E-state index contributed by atoms with van der Waals surface area (Å²) < 4.78 is 21.8. The Morgan fingerprint density at radius 1 is 1.06 bits per heavy atom. The zero-order chi connectivity index (χ0) is 25.0. The summed E-state index contributed by atoms with van der Waals surface area (Å²) in [5, 5.41) is 3.81. The predicted molar refractivity (Wildman–Crippen MR) is 137 cm³/mol. The van der Waals surface area contributed by atoms with Gasteiger partial charge in [-0.2, -0.15) is 0 Å². The van der Waals surface area contributed by atoms with Gasteiger partial charge >= 0.3 is 5.97 Å². The van der Waals surface area contributed by atoms with E-state index in [4.69, 9.17) is 30.5 Å². The molecule has 0 aliphatic rings. The Morgan fingerprint density at radius 3 is 2.26 bits per heavy atom. The molecule has 1 amide bonds. The Morgan fingerprint density at radius 2 is 1.71 bits per heavy atom. The van der Waals surface area contributed by atoms with Crippen LogP contribution in [0.2, 0.25) is 5.02 Å². The molecule has 7 nitrogen and oxygen atoms in total. The lowest BCUT2D eigenvalue weighted by atomic mass is 10.0. The number of methoxy groups -OCH3 is 3. The summed E-state index contributed by atoms with van der Waals surface area (Å²) >= 11 is 10.7. The number of hydrogen-bond donors (Lipinski definition) is 1. The third kappa shape index (κ3) is 5.01. The van der Waals surface area contributed by atoms with E-state index in [0.717, 1.165) is 10.4 Å². The van der Waals surface area contributed by atoms with Gasteiger partial charge in [0.1, 0.15) is 10.6 Å². The molecule has 0 atom stereocenters. The maximum absolute atomic E-state index is 13.3. The lowest BCUT2D eigenvalue weighted by molar-refractivity contribution is 0.0529. The Hall–Kier alpha value is -2.75. The summed E-state index contributed by atoms with van der Waals surface area (Å²) in [6.45, 7) is 3.80. The molecule has 0 bridgehead atoms. The van der Waals surface area contributed by atoms with Crippen LogP contribution in [0.15, 0.2) is 34.8 Å². The van der Waals surface area contributed by atoms with Crippen molar-refractivity contribution in [3.05, 3.63) is 55.8 Å². The highest BCUT2D eigenvalue weighted by atomic mass is 79.9. The van der Waals surface area contributed by atoms with E-state index in [1.165, 1.54) is 38.7 Å². The Bertz CT molecular complexity index is 1230. The SMILES string of the molecule is CCOC(=O)c1c(NC(=O)c2cc(OC)c(OC)c(OC)c2Br)sc(C)c1-c1ccc(Cl)cc1.